The van der Waals surface area contributed by atoms with Crippen molar-refractivity contribution >= 4 is 28.2 Å². The average Bonchev–Trinajstić information content (AvgIpc) is 3.61. The highest BCUT2D eigenvalue weighted by Crippen LogP contribution is 2.48. The fourth-order valence-electron chi connectivity index (χ4n) is 5.34. The molecule has 2 saturated carbocycles. The zero-order chi connectivity index (χ0) is 21.4. The van der Waals surface area contributed by atoms with Crippen molar-refractivity contribution in [2.24, 2.45) is 5.92 Å². The smallest absolute Gasteiger partial charge is 0.341 e. The van der Waals surface area contributed by atoms with Crippen LogP contribution in [0, 0.1) is 12.8 Å². The number of benzene rings is 1. The molecule has 1 saturated heterocycles. The lowest BCUT2D eigenvalue weighted by Crippen LogP contribution is -2.37. The van der Waals surface area contributed by atoms with Crippen LogP contribution in [0.4, 0.5) is 15.8 Å². The van der Waals surface area contributed by atoms with E-state index in [0.29, 0.717) is 17.9 Å². The van der Waals surface area contributed by atoms with Crippen molar-refractivity contribution in [2.45, 2.75) is 50.4 Å². The maximum absolute atomic E-state index is 14.0. The van der Waals surface area contributed by atoms with Crippen LogP contribution >= 0.6 is 0 Å². The molecular weight excluding hydrogens is 387 g/mol. The summed E-state index contributed by atoms with van der Waals surface area (Å²) < 4.78 is 15.6. The van der Waals surface area contributed by atoms with E-state index in [1.54, 1.807) is 10.6 Å². The molecule has 0 amide bonds. The molecule has 1 aliphatic heterocycles. The maximum Gasteiger partial charge on any atom is 0.341 e. The minimum atomic E-state index is -1.32. The number of aryl methyl sites for hydroxylation is 1. The van der Waals surface area contributed by atoms with Crippen LogP contribution in [0.15, 0.2) is 17.1 Å². The van der Waals surface area contributed by atoms with E-state index in [4.69, 9.17) is 5.73 Å². The van der Waals surface area contributed by atoms with E-state index in [1.807, 2.05) is 14.0 Å². The maximum atomic E-state index is 14.0. The molecule has 2 heterocycles. The van der Waals surface area contributed by atoms with Gasteiger partial charge in [0.25, 0.3) is 0 Å². The van der Waals surface area contributed by atoms with Gasteiger partial charge in [-0.25, -0.2) is 9.18 Å². The van der Waals surface area contributed by atoms with Crippen LogP contribution < -0.4 is 21.4 Å². The van der Waals surface area contributed by atoms with Gasteiger partial charge in [-0.15, -0.1) is 0 Å². The van der Waals surface area contributed by atoms with Crippen LogP contribution in [0.3, 0.4) is 0 Å². The quantitative estimate of drug-likeness (QED) is 0.650. The number of carbonyl (C=O) groups is 1. The van der Waals surface area contributed by atoms with Crippen molar-refractivity contribution in [1.82, 2.24) is 9.88 Å². The first kappa shape index (κ1) is 19.4. The minimum Gasteiger partial charge on any atom is -0.477 e. The Morgan fingerprint density at radius 3 is 2.67 bits per heavy atom. The van der Waals surface area contributed by atoms with Crippen molar-refractivity contribution in [3.63, 3.8) is 0 Å². The molecule has 1 aromatic heterocycles. The van der Waals surface area contributed by atoms with E-state index in [9.17, 15) is 19.1 Å². The summed E-state index contributed by atoms with van der Waals surface area (Å²) in [4.78, 5) is 26.8. The summed E-state index contributed by atoms with van der Waals surface area (Å²) in [6.07, 6.45) is 4.04. The van der Waals surface area contributed by atoms with Crippen molar-refractivity contribution < 1.29 is 14.3 Å². The third-order valence-electron chi connectivity index (χ3n) is 7.42. The summed E-state index contributed by atoms with van der Waals surface area (Å²) in [5, 5.41) is 13.1. The molecule has 0 radical (unpaired) electrons. The van der Waals surface area contributed by atoms with Gasteiger partial charge in [-0.3, -0.25) is 4.79 Å². The molecule has 0 spiro atoms. The van der Waals surface area contributed by atoms with Gasteiger partial charge in [0.1, 0.15) is 11.7 Å². The van der Waals surface area contributed by atoms with Crippen molar-refractivity contribution in [3.8, 4) is 0 Å². The van der Waals surface area contributed by atoms with Crippen LogP contribution in [0.1, 0.15) is 47.6 Å². The van der Waals surface area contributed by atoms with E-state index in [1.165, 1.54) is 19.0 Å². The Hall–Kier alpha value is -2.61. The van der Waals surface area contributed by atoms with Crippen LogP contribution in [-0.4, -0.2) is 47.5 Å². The first-order chi connectivity index (χ1) is 14.3. The number of pyridine rings is 1. The molecule has 7 nitrogen and oxygen atoms in total. The van der Waals surface area contributed by atoms with Crippen molar-refractivity contribution in [2.75, 3.05) is 30.8 Å². The standard InChI is InChI=1S/C22H27FN4O3/c1-11-16(26-6-3-12(9-26)22(25-2)4-5-22)8-15(24)18-19(11)27(17-7-14(17)23)10-13(20(18)28)21(29)30/h8,10,12,14,17,25H,3-7,9,24H2,1-2H3,(H,29,30)/t12-,14-,17-/m1/s1. The SMILES string of the molecule is CNC1([C@@H]2CCN(c3cc(N)c4c(=O)c(C(=O)O)cn([C@@H]5C[C@H]5F)c4c3C)C2)CC1. The number of nitrogens with one attached hydrogen (secondary N) is 1. The molecule has 3 atom stereocenters. The molecule has 8 heteroatoms. The number of nitrogens with two attached hydrogens (primary N) is 1. The van der Waals surface area contributed by atoms with Gasteiger partial charge in [0, 0.05) is 42.6 Å². The van der Waals surface area contributed by atoms with Crippen molar-refractivity contribution in [1.29, 1.82) is 0 Å². The molecule has 30 heavy (non-hydrogen) atoms. The molecule has 1 aromatic carbocycles. The Bertz CT molecular complexity index is 1120. The third-order valence-corrected chi connectivity index (χ3v) is 7.42. The highest BCUT2D eigenvalue weighted by molar-refractivity contribution is 6.01. The second-order valence-corrected chi connectivity index (χ2v) is 9.07. The number of carboxylic acid groups (broad SMARTS) is 1. The number of aromatic nitrogens is 1. The van der Waals surface area contributed by atoms with E-state index < -0.39 is 23.6 Å². The summed E-state index contributed by atoms with van der Waals surface area (Å²) in [7, 11) is 2.02. The number of halogens is 1. The van der Waals surface area contributed by atoms with Gasteiger partial charge in [-0.1, -0.05) is 0 Å². The lowest BCUT2D eigenvalue weighted by atomic mass is 9.96. The Morgan fingerprint density at radius 1 is 1.40 bits per heavy atom. The summed E-state index contributed by atoms with van der Waals surface area (Å²) >= 11 is 0. The molecule has 2 aromatic rings. The number of fused-ring (bicyclic) bond motifs is 1. The topological polar surface area (TPSA) is 101 Å². The van der Waals surface area contributed by atoms with Gasteiger partial charge in [-0.05, 0) is 50.8 Å². The number of anilines is 2. The van der Waals surface area contributed by atoms with Gasteiger partial charge in [0.15, 0.2) is 0 Å². The number of hydrogen-bond donors (Lipinski definition) is 3. The second kappa shape index (κ2) is 6.44. The van der Waals surface area contributed by atoms with E-state index in [2.05, 4.69) is 10.2 Å². The van der Waals surface area contributed by atoms with E-state index in [0.717, 1.165) is 30.8 Å². The molecule has 4 N–H and O–H groups in total. The fraction of sp³-hybridized carbons (Fsp3) is 0.545. The minimum absolute atomic E-state index is 0.180. The van der Waals surface area contributed by atoms with Crippen LogP contribution in [0.25, 0.3) is 10.9 Å². The van der Waals surface area contributed by atoms with Gasteiger partial charge in [0.05, 0.1) is 16.9 Å². The largest absolute Gasteiger partial charge is 0.477 e. The van der Waals surface area contributed by atoms with Gasteiger partial charge < -0.3 is 25.6 Å². The number of alkyl halides is 1. The summed E-state index contributed by atoms with van der Waals surface area (Å²) in [6, 6.07) is 1.33. The Balaban J connectivity index is 1.65. The average molecular weight is 414 g/mol. The summed E-state index contributed by atoms with van der Waals surface area (Å²) in [5.41, 5.74) is 8.17. The molecule has 0 unspecified atom stereocenters. The highest BCUT2D eigenvalue weighted by atomic mass is 19.1. The van der Waals surface area contributed by atoms with Crippen molar-refractivity contribution in [3.05, 3.63) is 33.6 Å². The number of rotatable bonds is 5. The lowest BCUT2D eigenvalue weighted by Gasteiger charge is -2.26. The van der Waals surface area contributed by atoms with E-state index >= 15 is 0 Å². The molecule has 3 aliphatic rings. The summed E-state index contributed by atoms with van der Waals surface area (Å²) in [6.45, 7) is 3.72. The first-order valence-corrected chi connectivity index (χ1v) is 10.6. The van der Waals surface area contributed by atoms with Crippen LogP contribution in [0.5, 0.6) is 0 Å². The normalized spacial score (nSPS) is 26.9. The Kier molecular flexibility index (Phi) is 4.16. The number of aromatic carboxylic acids is 1. The molecular formula is C22H27FN4O3. The third kappa shape index (κ3) is 2.73. The Morgan fingerprint density at radius 2 is 2.10 bits per heavy atom. The van der Waals surface area contributed by atoms with Gasteiger partial charge >= 0.3 is 5.97 Å². The number of nitrogen functional groups attached to an aromatic ring is 1. The zero-order valence-electron chi connectivity index (χ0n) is 17.2. The number of nitrogens with zero attached hydrogens (tertiary/aromatic N) is 2. The Labute approximate surface area is 173 Å². The molecule has 160 valence electrons. The number of carboxylic acids is 1. The lowest BCUT2D eigenvalue weighted by molar-refractivity contribution is 0.0694. The summed E-state index contributed by atoms with van der Waals surface area (Å²) in [5.74, 6) is -0.772. The molecule has 5 rings (SSSR count). The first-order valence-electron chi connectivity index (χ1n) is 10.6. The zero-order valence-corrected chi connectivity index (χ0v) is 17.2. The van der Waals surface area contributed by atoms with Gasteiger partial charge in [0.2, 0.25) is 5.43 Å². The van der Waals surface area contributed by atoms with Crippen LogP contribution in [-0.2, 0) is 0 Å². The highest BCUT2D eigenvalue weighted by Gasteiger charge is 2.50. The second-order valence-electron chi connectivity index (χ2n) is 9.07. The molecule has 3 fully saturated rings. The van der Waals surface area contributed by atoms with Crippen LogP contribution in [0.2, 0.25) is 0 Å². The number of hydrogen-bond acceptors (Lipinski definition) is 5. The monoisotopic (exact) mass is 414 g/mol. The molecule has 0 bridgehead atoms. The fourth-order valence-corrected chi connectivity index (χ4v) is 5.34. The molecule has 2 aliphatic carbocycles. The predicted molar refractivity (Wildman–Crippen MR) is 114 cm³/mol. The van der Waals surface area contributed by atoms with E-state index in [-0.39, 0.29) is 22.2 Å². The predicted octanol–water partition coefficient (Wildman–Crippen LogP) is 2.45. The van der Waals surface area contributed by atoms with Gasteiger partial charge in [-0.2, -0.15) is 0 Å².